The Morgan fingerprint density at radius 1 is 1.40 bits per heavy atom. The standard InChI is InChI=1S/C16H13ClN2O5S/c1-24-16(21)14-10-5-7-25-13(10)4-6-18(14)15(20)9-2-3-11(17)12(8-9)19(22)23/h2-3,5,7-8,14H,4,6H2,1H3. The van der Waals surface area contributed by atoms with Crippen LogP contribution in [-0.4, -0.2) is 35.4 Å². The van der Waals surface area contributed by atoms with E-state index in [0.29, 0.717) is 13.0 Å². The van der Waals surface area contributed by atoms with Crippen molar-refractivity contribution >= 4 is 40.5 Å². The van der Waals surface area contributed by atoms with Crippen LogP contribution in [0.5, 0.6) is 0 Å². The molecule has 1 atom stereocenters. The molecule has 0 radical (unpaired) electrons. The molecule has 2 heterocycles. The number of nitro benzene ring substituents is 1. The number of carbonyl (C=O) groups excluding carboxylic acids is 2. The Balaban J connectivity index is 2.00. The van der Waals surface area contributed by atoms with Gasteiger partial charge in [0.2, 0.25) is 0 Å². The number of carbonyl (C=O) groups is 2. The Labute approximate surface area is 151 Å². The zero-order valence-corrected chi connectivity index (χ0v) is 14.7. The maximum Gasteiger partial charge on any atom is 0.333 e. The first-order valence-electron chi connectivity index (χ1n) is 7.33. The fraction of sp³-hybridized carbons (Fsp3) is 0.250. The number of amides is 1. The molecule has 1 amide bonds. The lowest BCUT2D eigenvalue weighted by Gasteiger charge is -2.34. The lowest BCUT2D eigenvalue weighted by molar-refractivity contribution is -0.384. The number of nitrogens with zero attached hydrogens (tertiary/aromatic N) is 2. The van der Waals surface area contributed by atoms with Crippen LogP contribution in [0.3, 0.4) is 0 Å². The Hall–Kier alpha value is -2.45. The topological polar surface area (TPSA) is 89.8 Å². The average Bonchev–Trinajstić information content (AvgIpc) is 3.08. The van der Waals surface area contributed by atoms with Crippen molar-refractivity contribution in [2.24, 2.45) is 0 Å². The summed E-state index contributed by atoms with van der Waals surface area (Å²) in [6, 6.07) is 4.78. The van der Waals surface area contributed by atoms with Gasteiger partial charge in [0.15, 0.2) is 6.04 Å². The Morgan fingerprint density at radius 3 is 2.84 bits per heavy atom. The molecule has 1 aromatic carbocycles. The van der Waals surface area contributed by atoms with Gasteiger partial charge in [-0.1, -0.05) is 11.6 Å². The Kier molecular flexibility index (Phi) is 4.73. The third-order valence-electron chi connectivity index (χ3n) is 4.04. The number of esters is 1. The summed E-state index contributed by atoms with van der Waals surface area (Å²) in [5.74, 6) is -1.02. The number of thiophene rings is 1. The number of halogens is 1. The lowest BCUT2D eigenvalue weighted by atomic mass is 9.98. The van der Waals surface area contributed by atoms with E-state index >= 15 is 0 Å². The summed E-state index contributed by atoms with van der Waals surface area (Å²) in [6.07, 6.45) is 0.613. The van der Waals surface area contributed by atoms with Gasteiger partial charge in [0, 0.05) is 23.1 Å². The molecule has 1 aromatic heterocycles. The predicted molar refractivity (Wildman–Crippen MR) is 91.9 cm³/mol. The summed E-state index contributed by atoms with van der Waals surface area (Å²) in [5.41, 5.74) is 0.485. The molecule has 0 saturated carbocycles. The van der Waals surface area contributed by atoms with Crippen LogP contribution in [0.1, 0.15) is 26.8 Å². The van der Waals surface area contributed by atoms with Crippen LogP contribution >= 0.6 is 22.9 Å². The molecule has 0 bridgehead atoms. The van der Waals surface area contributed by atoms with Gasteiger partial charge in [-0.2, -0.15) is 0 Å². The molecule has 0 saturated heterocycles. The second-order valence-corrected chi connectivity index (χ2v) is 6.80. The average molecular weight is 381 g/mol. The molecule has 2 aromatic rings. The molecule has 0 spiro atoms. The van der Waals surface area contributed by atoms with E-state index in [1.807, 2.05) is 5.38 Å². The summed E-state index contributed by atoms with van der Waals surface area (Å²) >= 11 is 7.32. The zero-order valence-electron chi connectivity index (χ0n) is 13.1. The largest absolute Gasteiger partial charge is 0.467 e. The molecule has 0 aliphatic carbocycles. The van der Waals surface area contributed by atoms with Gasteiger partial charge in [0.05, 0.1) is 12.0 Å². The van der Waals surface area contributed by atoms with Crippen molar-refractivity contribution in [3.8, 4) is 0 Å². The second kappa shape index (κ2) is 6.81. The van der Waals surface area contributed by atoms with Gasteiger partial charge in [-0.3, -0.25) is 14.9 Å². The molecular weight excluding hydrogens is 368 g/mol. The van der Waals surface area contributed by atoms with Gasteiger partial charge in [-0.25, -0.2) is 4.79 Å². The van der Waals surface area contributed by atoms with Crippen LogP contribution in [0.15, 0.2) is 29.6 Å². The van der Waals surface area contributed by atoms with Crippen LogP contribution in [0.2, 0.25) is 5.02 Å². The molecule has 1 unspecified atom stereocenters. The number of nitro groups is 1. The predicted octanol–water partition coefficient (Wildman–Crippen LogP) is 3.22. The lowest BCUT2D eigenvalue weighted by Crippen LogP contribution is -2.43. The van der Waals surface area contributed by atoms with E-state index in [4.69, 9.17) is 16.3 Å². The number of fused-ring (bicyclic) bond motifs is 1. The smallest absolute Gasteiger partial charge is 0.333 e. The van der Waals surface area contributed by atoms with Crippen molar-refractivity contribution in [3.05, 3.63) is 60.8 Å². The highest BCUT2D eigenvalue weighted by atomic mass is 35.5. The van der Waals surface area contributed by atoms with Crippen LogP contribution in [0.4, 0.5) is 5.69 Å². The highest BCUT2D eigenvalue weighted by Crippen LogP contribution is 2.35. The van der Waals surface area contributed by atoms with Crippen LogP contribution in [0, 0.1) is 10.1 Å². The minimum Gasteiger partial charge on any atom is -0.467 e. The van der Waals surface area contributed by atoms with E-state index in [-0.39, 0.29) is 16.3 Å². The number of methoxy groups -OCH3 is 1. The summed E-state index contributed by atoms with van der Waals surface area (Å²) in [4.78, 5) is 38.0. The molecule has 9 heteroatoms. The van der Waals surface area contributed by atoms with Crippen molar-refractivity contribution in [3.63, 3.8) is 0 Å². The summed E-state index contributed by atoms with van der Waals surface area (Å²) in [5, 5.41) is 12.9. The van der Waals surface area contributed by atoms with Crippen molar-refractivity contribution < 1.29 is 19.2 Å². The zero-order chi connectivity index (χ0) is 18.1. The number of hydrogen-bond donors (Lipinski definition) is 0. The fourth-order valence-electron chi connectivity index (χ4n) is 2.85. The van der Waals surface area contributed by atoms with Crippen molar-refractivity contribution in [2.75, 3.05) is 13.7 Å². The summed E-state index contributed by atoms with van der Waals surface area (Å²) in [6.45, 7) is 0.322. The third kappa shape index (κ3) is 3.10. The van der Waals surface area contributed by atoms with Gasteiger partial charge < -0.3 is 9.64 Å². The van der Waals surface area contributed by atoms with E-state index in [2.05, 4.69) is 0 Å². The summed E-state index contributed by atoms with van der Waals surface area (Å²) < 4.78 is 4.86. The minimum absolute atomic E-state index is 0.0511. The number of benzene rings is 1. The van der Waals surface area contributed by atoms with Gasteiger partial charge >= 0.3 is 5.97 Å². The first-order valence-corrected chi connectivity index (χ1v) is 8.58. The Bertz CT molecular complexity index is 866. The van der Waals surface area contributed by atoms with Gasteiger partial charge in [0.1, 0.15) is 5.02 Å². The van der Waals surface area contributed by atoms with Crippen LogP contribution in [-0.2, 0) is 16.0 Å². The number of ether oxygens (including phenoxy) is 1. The van der Waals surface area contributed by atoms with E-state index in [0.717, 1.165) is 16.5 Å². The minimum atomic E-state index is -0.859. The second-order valence-electron chi connectivity index (χ2n) is 5.40. The number of hydrogen-bond acceptors (Lipinski definition) is 6. The van der Waals surface area contributed by atoms with Crippen LogP contribution in [0.25, 0.3) is 0 Å². The molecule has 130 valence electrons. The van der Waals surface area contributed by atoms with Gasteiger partial charge in [-0.15, -0.1) is 11.3 Å². The first kappa shape index (κ1) is 17.4. The molecule has 7 nitrogen and oxygen atoms in total. The quantitative estimate of drug-likeness (QED) is 0.463. The fourth-order valence-corrected chi connectivity index (χ4v) is 3.94. The third-order valence-corrected chi connectivity index (χ3v) is 5.36. The van der Waals surface area contributed by atoms with E-state index in [9.17, 15) is 19.7 Å². The highest BCUT2D eigenvalue weighted by molar-refractivity contribution is 7.10. The molecular formula is C16H13ClN2O5S. The normalized spacial score (nSPS) is 16.2. The van der Waals surface area contributed by atoms with E-state index < -0.39 is 22.8 Å². The molecule has 3 rings (SSSR count). The highest BCUT2D eigenvalue weighted by Gasteiger charge is 2.38. The van der Waals surface area contributed by atoms with Crippen molar-refractivity contribution in [1.82, 2.24) is 4.90 Å². The van der Waals surface area contributed by atoms with Gasteiger partial charge in [0.25, 0.3) is 11.6 Å². The van der Waals surface area contributed by atoms with E-state index in [1.54, 1.807) is 6.07 Å². The molecule has 1 aliphatic rings. The monoisotopic (exact) mass is 380 g/mol. The van der Waals surface area contributed by atoms with Gasteiger partial charge in [-0.05, 0) is 35.6 Å². The van der Waals surface area contributed by atoms with E-state index in [1.165, 1.54) is 35.5 Å². The maximum atomic E-state index is 12.9. The summed E-state index contributed by atoms with van der Waals surface area (Å²) in [7, 11) is 1.26. The molecule has 0 N–H and O–H groups in total. The molecule has 0 fully saturated rings. The molecule has 1 aliphatic heterocycles. The van der Waals surface area contributed by atoms with Crippen molar-refractivity contribution in [1.29, 1.82) is 0 Å². The van der Waals surface area contributed by atoms with Crippen LogP contribution < -0.4 is 0 Å². The van der Waals surface area contributed by atoms with Crippen molar-refractivity contribution in [2.45, 2.75) is 12.5 Å². The Morgan fingerprint density at radius 2 is 2.16 bits per heavy atom. The molecule has 25 heavy (non-hydrogen) atoms. The SMILES string of the molecule is COC(=O)C1c2ccsc2CCN1C(=O)c1ccc(Cl)c([N+](=O)[O-])c1. The first-order chi connectivity index (χ1) is 11.9. The maximum absolute atomic E-state index is 12.9. The number of rotatable bonds is 3.